The van der Waals surface area contributed by atoms with Crippen molar-refractivity contribution >= 4 is 17.4 Å². The molecule has 3 rings (SSSR count). The summed E-state index contributed by atoms with van der Waals surface area (Å²) in [4.78, 5) is 27.2. The summed E-state index contributed by atoms with van der Waals surface area (Å²) in [6.45, 7) is 2.52. The van der Waals surface area contributed by atoms with E-state index >= 15 is 0 Å². The van der Waals surface area contributed by atoms with Gasteiger partial charge in [0.25, 0.3) is 11.7 Å². The number of aliphatic hydroxyl groups excluding tert-OH is 1. The summed E-state index contributed by atoms with van der Waals surface area (Å²) in [6, 6.07) is 10.6. The highest BCUT2D eigenvalue weighted by molar-refractivity contribution is 6.46. The highest BCUT2D eigenvalue weighted by Crippen LogP contribution is 2.40. The van der Waals surface area contributed by atoms with Crippen LogP contribution in [0.3, 0.4) is 0 Å². The Morgan fingerprint density at radius 1 is 1.10 bits per heavy atom. The van der Waals surface area contributed by atoms with Gasteiger partial charge in [0.15, 0.2) is 0 Å². The molecule has 0 aromatic heterocycles. The number of phenolic OH excluding ortho intramolecular Hbond substituents is 1. The predicted molar refractivity (Wildman–Crippen MR) is 111 cm³/mol. The molecule has 1 atom stereocenters. The van der Waals surface area contributed by atoms with Crippen molar-refractivity contribution in [1.82, 2.24) is 4.90 Å². The van der Waals surface area contributed by atoms with Crippen LogP contribution in [0.4, 0.5) is 0 Å². The first-order valence-corrected chi connectivity index (χ1v) is 9.60. The number of amides is 1. The zero-order valence-corrected chi connectivity index (χ0v) is 17.2. The Labute approximate surface area is 175 Å². The number of nitrogens with zero attached hydrogens (tertiary/aromatic N) is 1. The lowest BCUT2D eigenvalue weighted by molar-refractivity contribution is -0.140. The fraction of sp³-hybridized carbons (Fsp3) is 0.304. The van der Waals surface area contributed by atoms with Gasteiger partial charge in [0, 0.05) is 25.8 Å². The third kappa shape index (κ3) is 4.02. The van der Waals surface area contributed by atoms with Gasteiger partial charge in [0.05, 0.1) is 18.7 Å². The first-order chi connectivity index (χ1) is 14.4. The molecule has 1 aliphatic heterocycles. The number of ether oxygens (including phenoxy) is 2. The molecular formula is C23H25NO6. The summed E-state index contributed by atoms with van der Waals surface area (Å²) in [5.41, 5.74) is 1.81. The van der Waals surface area contributed by atoms with Crippen LogP contribution in [-0.2, 0) is 14.3 Å². The molecule has 1 amide bonds. The molecule has 1 aliphatic rings. The molecule has 0 radical (unpaired) electrons. The van der Waals surface area contributed by atoms with Crippen molar-refractivity contribution in [3.05, 3.63) is 64.7 Å². The molecule has 0 spiro atoms. The minimum atomic E-state index is -0.760. The third-order valence-electron chi connectivity index (χ3n) is 5.18. The van der Waals surface area contributed by atoms with Crippen molar-refractivity contribution in [2.24, 2.45) is 0 Å². The Bertz CT molecular complexity index is 980. The van der Waals surface area contributed by atoms with Crippen molar-refractivity contribution in [1.29, 1.82) is 0 Å². The largest absolute Gasteiger partial charge is 0.508 e. The van der Waals surface area contributed by atoms with E-state index in [0.717, 1.165) is 0 Å². The minimum absolute atomic E-state index is 0.0244. The number of hydrogen-bond donors (Lipinski definition) is 2. The average molecular weight is 411 g/mol. The Kier molecular flexibility index (Phi) is 6.42. The molecule has 0 saturated carbocycles. The van der Waals surface area contributed by atoms with E-state index in [1.165, 1.54) is 17.0 Å². The van der Waals surface area contributed by atoms with Gasteiger partial charge in [0.2, 0.25) is 0 Å². The van der Waals surface area contributed by atoms with Gasteiger partial charge in [-0.05, 0) is 54.8 Å². The van der Waals surface area contributed by atoms with Gasteiger partial charge in [-0.15, -0.1) is 0 Å². The van der Waals surface area contributed by atoms with E-state index < -0.39 is 17.7 Å². The number of aliphatic hydroxyl groups is 1. The summed E-state index contributed by atoms with van der Waals surface area (Å²) >= 11 is 0. The van der Waals surface area contributed by atoms with Crippen molar-refractivity contribution in [2.45, 2.75) is 19.4 Å². The van der Waals surface area contributed by atoms with E-state index in [1.807, 2.05) is 0 Å². The zero-order chi connectivity index (χ0) is 21.8. The molecule has 30 heavy (non-hydrogen) atoms. The molecule has 1 heterocycles. The summed E-state index contributed by atoms with van der Waals surface area (Å²) in [7, 11) is 3.11. The molecule has 0 aliphatic carbocycles. The fourth-order valence-corrected chi connectivity index (χ4v) is 3.67. The predicted octanol–water partition coefficient (Wildman–Crippen LogP) is 3.17. The highest BCUT2D eigenvalue weighted by Gasteiger charge is 2.45. The van der Waals surface area contributed by atoms with Crippen LogP contribution < -0.4 is 4.74 Å². The van der Waals surface area contributed by atoms with Crippen LogP contribution in [-0.4, -0.2) is 54.2 Å². The number of aromatic hydroxyl groups is 1. The van der Waals surface area contributed by atoms with Gasteiger partial charge in [-0.3, -0.25) is 9.59 Å². The van der Waals surface area contributed by atoms with Gasteiger partial charge >= 0.3 is 0 Å². The Hall–Kier alpha value is -3.32. The average Bonchev–Trinajstić information content (AvgIpc) is 2.99. The molecule has 158 valence electrons. The van der Waals surface area contributed by atoms with Gasteiger partial charge < -0.3 is 24.6 Å². The molecule has 7 heteroatoms. The van der Waals surface area contributed by atoms with Crippen LogP contribution >= 0.6 is 0 Å². The second-order valence-corrected chi connectivity index (χ2v) is 7.11. The van der Waals surface area contributed by atoms with Crippen LogP contribution in [0.2, 0.25) is 0 Å². The SMILES string of the molecule is COCCCN1C(=O)C(=O)C(=C(O)c2ccc(OC)cc2C)[C@H]1c1ccc(O)cc1. The van der Waals surface area contributed by atoms with Gasteiger partial charge in [-0.1, -0.05) is 12.1 Å². The fourth-order valence-electron chi connectivity index (χ4n) is 3.67. The maximum absolute atomic E-state index is 12.9. The van der Waals surface area contributed by atoms with E-state index in [-0.39, 0.29) is 17.1 Å². The van der Waals surface area contributed by atoms with Crippen LogP contribution in [0.1, 0.15) is 29.2 Å². The Balaban J connectivity index is 2.13. The van der Waals surface area contributed by atoms with Crippen molar-refractivity contribution in [2.75, 3.05) is 27.4 Å². The Morgan fingerprint density at radius 3 is 2.40 bits per heavy atom. The zero-order valence-electron chi connectivity index (χ0n) is 17.2. The van der Waals surface area contributed by atoms with E-state index in [9.17, 15) is 19.8 Å². The van der Waals surface area contributed by atoms with Gasteiger partial charge in [-0.25, -0.2) is 0 Å². The molecule has 7 nitrogen and oxygen atoms in total. The third-order valence-corrected chi connectivity index (χ3v) is 5.18. The lowest BCUT2D eigenvalue weighted by atomic mass is 9.94. The number of hydrogen-bond acceptors (Lipinski definition) is 6. The summed E-state index contributed by atoms with van der Waals surface area (Å²) in [5, 5.41) is 20.7. The molecule has 0 unspecified atom stereocenters. The summed E-state index contributed by atoms with van der Waals surface area (Å²) < 4.78 is 10.3. The lowest BCUT2D eigenvalue weighted by Gasteiger charge is -2.25. The molecule has 2 aromatic carbocycles. The smallest absolute Gasteiger partial charge is 0.295 e. The first kappa shape index (κ1) is 21.4. The highest BCUT2D eigenvalue weighted by atomic mass is 16.5. The standard InChI is InChI=1S/C23H25NO6/c1-14-13-17(30-3)9-10-18(14)21(26)19-20(15-5-7-16(25)8-6-15)24(11-4-12-29-2)23(28)22(19)27/h5-10,13,20,25-26H,4,11-12H2,1-3H3/t20-/m1/s1. The molecule has 2 N–H and O–H groups in total. The van der Waals surface area contributed by atoms with Crippen LogP contribution in [0, 0.1) is 6.92 Å². The van der Waals surface area contributed by atoms with E-state index in [0.29, 0.717) is 42.0 Å². The van der Waals surface area contributed by atoms with Crippen molar-refractivity contribution in [3.63, 3.8) is 0 Å². The molecule has 1 saturated heterocycles. The summed E-state index contributed by atoms with van der Waals surface area (Å²) in [5.74, 6) is -0.948. The number of benzene rings is 2. The molecular weight excluding hydrogens is 386 g/mol. The van der Waals surface area contributed by atoms with E-state index in [4.69, 9.17) is 9.47 Å². The number of aryl methyl sites for hydroxylation is 1. The van der Waals surface area contributed by atoms with Crippen LogP contribution in [0.5, 0.6) is 11.5 Å². The normalized spacial score (nSPS) is 18.1. The monoisotopic (exact) mass is 411 g/mol. The first-order valence-electron chi connectivity index (χ1n) is 9.60. The summed E-state index contributed by atoms with van der Waals surface area (Å²) in [6.07, 6.45) is 0.541. The number of carbonyl (C=O) groups is 2. The number of likely N-dealkylation sites (tertiary alicyclic amines) is 1. The van der Waals surface area contributed by atoms with Gasteiger partial charge in [0.1, 0.15) is 17.3 Å². The molecule has 1 fully saturated rings. The van der Waals surface area contributed by atoms with E-state index in [1.54, 1.807) is 51.5 Å². The van der Waals surface area contributed by atoms with Crippen molar-refractivity contribution < 1.29 is 29.3 Å². The number of carbonyl (C=O) groups excluding carboxylic acids is 2. The molecule has 2 aromatic rings. The van der Waals surface area contributed by atoms with Gasteiger partial charge in [-0.2, -0.15) is 0 Å². The number of methoxy groups -OCH3 is 2. The number of Topliss-reactive ketones (excluding diaryl/α,β-unsaturated/α-hetero) is 1. The number of phenols is 1. The Morgan fingerprint density at radius 2 is 1.80 bits per heavy atom. The quantitative estimate of drug-likeness (QED) is 0.314. The van der Waals surface area contributed by atoms with Crippen LogP contribution in [0.25, 0.3) is 5.76 Å². The second-order valence-electron chi connectivity index (χ2n) is 7.11. The van der Waals surface area contributed by atoms with Crippen LogP contribution in [0.15, 0.2) is 48.0 Å². The maximum atomic E-state index is 12.9. The minimum Gasteiger partial charge on any atom is -0.508 e. The maximum Gasteiger partial charge on any atom is 0.295 e. The lowest BCUT2D eigenvalue weighted by Crippen LogP contribution is -2.31. The number of rotatable bonds is 7. The second kappa shape index (κ2) is 9.00. The van der Waals surface area contributed by atoms with Crippen molar-refractivity contribution in [3.8, 4) is 11.5 Å². The molecule has 0 bridgehead atoms. The number of ketones is 1. The van der Waals surface area contributed by atoms with E-state index in [2.05, 4.69) is 0 Å². The topological polar surface area (TPSA) is 96.3 Å².